The number of hydrogen-bond acceptors (Lipinski definition) is 4. The molecule has 2 fully saturated rings. The van der Waals surface area contributed by atoms with Gasteiger partial charge in [0.25, 0.3) is 0 Å². The van der Waals surface area contributed by atoms with Gasteiger partial charge in [0.15, 0.2) is 0 Å². The number of β-amino-alcohol motifs (C(OH)–C–C–N with tert-alkyl or cyclic N) is 1. The van der Waals surface area contributed by atoms with Crippen molar-refractivity contribution in [2.75, 3.05) is 20.1 Å². The van der Waals surface area contributed by atoms with Gasteiger partial charge in [0.2, 0.25) is 0 Å². The highest BCUT2D eigenvalue weighted by atomic mass is 16.4. The molecular weight excluding hydrogens is 252 g/mol. The summed E-state index contributed by atoms with van der Waals surface area (Å²) >= 11 is 0. The number of carbonyl (C=O) groups is 2. The molecule has 0 unspecified atom stereocenters. The number of amides is 2. The molecule has 2 aliphatic rings. The maximum Gasteiger partial charge on any atom is 0.326 e. The molecule has 1 aliphatic carbocycles. The van der Waals surface area contributed by atoms with Crippen LogP contribution in [0.25, 0.3) is 0 Å². The minimum absolute atomic E-state index is 0.0629. The number of carboxylic acids is 1. The van der Waals surface area contributed by atoms with Crippen LogP contribution >= 0.6 is 0 Å². The molecule has 2 amide bonds. The van der Waals surface area contributed by atoms with Crippen molar-refractivity contribution in [3.63, 3.8) is 0 Å². The van der Waals surface area contributed by atoms with Crippen LogP contribution in [-0.4, -0.2) is 75.5 Å². The van der Waals surface area contributed by atoms with Crippen LogP contribution in [0.4, 0.5) is 4.79 Å². The molecule has 1 aliphatic heterocycles. The van der Waals surface area contributed by atoms with Crippen molar-refractivity contribution >= 4 is 12.0 Å². The first kappa shape index (κ1) is 14.1. The third-order valence-corrected chi connectivity index (χ3v) is 3.88. The number of nitrogens with zero attached hydrogens (tertiary/aromatic N) is 2. The molecule has 0 aromatic heterocycles. The first-order valence-corrected chi connectivity index (χ1v) is 6.49. The second-order valence-corrected chi connectivity index (χ2v) is 5.55. The smallest absolute Gasteiger partial charge is 0.326 e. The standard InChI is InChI=1S/C12H20N2O5/c1-13(5-7-2-8(15)3-7)12(19)14-6-9(16)4-10(14)11(17)18/h7-10,15-16H,2-6H2,1H3,(H,17,18)/t7?,8?,9-,10-/m0/s1. The molecule has 19 heavy (non-hydrogen) atoms. The van der Waals surface area contributed by atoms with Crippen LogP contribution in [0.5, 0.6) is 0 Å². The Labute approximate surface area is 111 Å². The van der Waals surface area contributed by atoms with E-state index in [-0.39, 0.29) is 31.0 Å². The normalized spacial score (nSPS) is 33.9. The van der Waals surface area contributed by atoms with Gasteiger partial charge < -0.3 is 25.1 Å². The quantitative estimate of drug-likeness (QED) is 0.632. The summed E-state index contributed by atoms with van der Waals surface area (Å²) in [5.74, 6) is -0.808. The van der Waals surface area contributed by atoms with E-state index in [2.05, 4.69) is 0 Å². The summed E-state index contributed by atoms with van der Waals surface area (Å²) in [6.07, 6.45) is 0.403. The number of aliphatic carboxylic acids is 1. The summed E-state index contributed by atoms with van der Waals surface area (Å²) < 4.78 is 0. The molecule has 3 N–H and O–H groups in total. The fourth-order valence-electron chi connectivity index (χ4n) is 2.79. The minimum atomic E-state index is -1.09. The zero-order valence-corrected chi connectivity index (χ0v) is 10.9. The fraction of sp³-hybridized carbons (Fsp3) is 0.833. The highest BCUT2D eigenvalue weighted by molar-refractivity contribution is 5.83. The van der Waals surface area contributed by atoms with E-state index in [4.69, 9.17) is 5.11 Å². The van der Waals surface area contributed by atoms with Crippen LogP contribution in [0.15, 0.2) is 0 Å². The summed E-state index contributed by atoms with van der Waals surface area (Å²) in [6, 6.07) is -1.32. The second kappa shape index (κ2) is 5.34. The molecular formula is C12H20N2O5. The van der Waals surface area contributed by atoms with Crippen LogP contribution < -0.4 is 0 Å². The molecule has 0 aromatic carbocycles. The number of aliphatic hydroxyl groups excluding tert-OH is 2. The molecule has 1 saturated heterocycles. The largest absolute Gasteiger partial charge is 0.480 e. The van der Waals surface area contributed by atoms with Crippen LogP contribution in [0.3, 0.4) is 0 Å². The minimum Gasteiger partial charge on any atom is -0.480 e. The number of hydrogen-bond donors (Lipinski definition) is 3. The molecule has 108 valence electrons. The van der Waals surface area contributed by atoms with E-state index in [1.807, 2.05) is 0 Å². The second-order valence-electron chi connectivity index (χ2n) is 5.55. The summed E-state index contributed by atoms with van der Waals surface area (Å²) in [7, 11) is 1.62. The van der Waals surface area contributed by atoms with Gasteiger partial charge in [-0.3, -0.25) is 0 Å². The summed E-state index contributed by atoms with van der Waals surface area (Å²) in [5.41, 5.74) is 0. The fourth-order valence-corrected chi connectivity index (χ4v) is 2.79. The maximum atomic E-state index is 12.2. The van der Waals surface area contributed by atoms with E-state index < -0.39 is 18.1 Å². The number of carboxylic acid groups (broad SMARTS) is 1. The first-order valence-electron chi connectivity index (χ1n) is 6.49. The Bertz CT molecular complexity index is 369. The molecule has 0 radical (unpaired) electrons. The lowest BCUT2D eigenvalue weighted by atomic mass is 9.82. The van der Waals surface area contributed by atoms with E-state index in [0.29, 0.717) is 19.4 Å². The van der Waals surface area contributed by atoms with Crippen LogP contribution in [0.2, 0.25) is 0 Å². The predicted octanol–water partition coefficient (Wildman–Crippen LogP) is -0.671. The third kappa shape index (κ3) is 2.98. The van der Waals surface area contributed by atoms with Crippen LogP contribution in [0, 0.1) is 5.92 Å². The molecule has 2 rings (SSSR count). The van der Waals surface area contributed by atoms with Gasteiger partial charge in [-0.1, -0.05) is 0 Å². The molecule has 0 aromatic rings. The molecule has 0 bridgehead atoms. The number of aliphatic hydroxyl groups is 2. The average Bonchev–Trinajstić information content (AvgIpc) is 2.68. The topological polar surface area (TPSA) is 101 Å². The lowest BCUT2D eigenvalue weighted by Crippen LogP contribution is -2.49. The van der Waals surface area contributed by atoms with Gasteiger partial charge in [-0.2, -0.15) is 0 Å². The summed E-state index contributed by atoms with van der Waals surface area (Å²) in [4.78, 5) is 25.9. The number of likely N-dealkylation sites (tertiary alicyclic amines) is 1. The van der Waals surface area contributed by atoms with Gasteiger partial charge in [0, 0.05) is 26.6 Å². The van der Waals surface area contributed by atoms with E-state index in [1.165, 1.54) is 9.80 Å². The zero-order chi connectivity index (χ0) is 14.2. The van der Waals surface area contributed by atoms with E-state index in [9.17, 15) is 19.8 Å². The Morgan fingerprint density at radius 2 is 1.84 bits per heavy atom. The Hall–Kier alpha value is -1.34. The van der Waals surface area contributed by atoms with Gasteiger partial charge in [0.05, 0.1) is 12.2 Å². The first-order chi connectivity index (χ1) is 8.88. The zero-order valence-electron chi connectivity index (χ0n) is 10.9. The van der Waals surface area contributed by atoms with Crippen molar-refractivity contribution in [3.8, 4) is 0 Å². The lowest BCUT2D eigenvalue weighted by molar-refractivity contribution is -0.141. The Morgan fingerprint density at radius 1 is 1.21 bits per heavy atom. The number of rotatable bonds is 3. The van der Waals surface area contributed by atoms with Crippen molar-refractivity contribution < 1.29 is 24.9 Å². The third-order valence-electron chi connectivity index (χ3n) is 3.88. The van der Waals surface area contributed by atoms with E-state index in [0.717, 1.165) is 0 Å². The van der Waals surface area contributed by atoms with Crippen molar-refractivity contribution in [1.29, 1.82) is 0 Å². The van der Waals surface area contributed by atoms with Gasteiger partial charge in [-0.05, 0) is 18.8 Å². The molecule has 1 heterocycles. The molecule has 7 nitrogen and oxygen atoms in total. The monoisotopic (exact) mass is 272 g/mol. The van der Waals surface area contributed by atoms with Crippen molar-refractivity contribution in [3.05, 3.63) is 0 Å². The summed E-state index contributed by atoms with van der Waals surface area (Å²) in [5, 5.41) is 27.8. The number of urea groups is 1. The van der Waals surface area contributed by atoms with Crippen molar-refractivity contribution in [2.24, 2.45) is 5.92 Å². The number of carbonyl (C=O) groups excluding carboxylic acids is 1. The van der Waals surface area contributed by atoms with Crippen LogP contribution in [-0.2, 0) is 4.79 Å². The molecule has 0 spiro atoms. The Balaban J connectivity index is 1.92. The molecule has 2 atom stereocenters. The van der Waals surface area contributed by atoms with Gasteiger partial charge in [-0.25, -0.2) is 9.59 Å². The predicted molar refractivity (Wildman–Crippen MR) is 65.5 cm³/mol. The van der Waals surface area contributed by atoms with E-state index in [1.54, 1.807) is 7.05 Å². The molecule has 7 heteroatoms. The Morgan fingerprint density at radius 3 is 2.37 bits per heavy atom. The maximum absolute atomic E-state index is 12.2. The Kier molecular flexibility index (Phi) is 3.96. The van der Waals surface area contributed by atoms with E-state index >= 15 is 0 Å². The SMILES string of the molecule is CN(CC1CC(O)C1)C(=O)N1C[C@@H](O)C[C@H]1C(=O)O. The molecule has 1 saturated carbocycles. The lowest BCUT2D eigenvalue weighted by Gasteiger charge is -2.36. The van der Waals surface area contributed by atoms with Crippen LogP contribution in [0.1, 0.15) is 19.3 Å². The summed E-state index contributed by atoms with van der Waals surface area (Å²) in [6.45, 7) is 0.572. The van der Waals surface area contributed by atoms with Crippen molar-refractivity contribution in [1.82, 2.24) is 9.80 Å². The van der Waals surface area contributed by atoms with Gasteiger partial charge >= 0.3 is 12.0 Å². The van der Waals surface area contributed by atoms with Crippen molar-refractivity contribution in [2.45, 2.75) is 37.5 Å². The highest BCUT2D eigenvalue weighted by Gasteiger charge is 2.40. The van der Waals surface area contributed by atoms with Gasteiger partial charge in [0.1, 0.15) is 6.04 Å². The average molecular weight is 272 g/mol. The van der Waals surface area contributed by atoms with Gasteiger partial charge in [-0.15, -0.1) is 0 Å². The highest BCUT2D eigenvalue weighted by Crippen LogP contribution is 2.28.